The SMILES string of the molecule is O=C(NCC(O)C1Cc2ccccc2CN1)c1ccccc1C(F)F. The molecule has 6 heteroatoms. The summed E-state index contributed by atoms with van der Waals surface area (Å²) in [5.74, 6) is -0.605. The molecule has 132 valence electrons. The highest BCUT2D eigenvalue weighted by molar-refractivity contribution is 5.95. The van der Waals surface area contributed by atoms with Crippen LogP contribution in [0.4, 0.5) is 8.78 Å². The molecule has 0 bridgehead atoms. The summed E-state index contributed by atoms with van der Waals surface area (Å²) in [6.45, 7) is 0.649. The molecule has 1 heterocycles. The summed E-state index contributed by atoms with van der Waals surface area (Å²) in [5.41, 5.74) is 1.99. The summed E-state index contributed by atoms with van der Waals surface area (Å²) in [6, 6.07) is 13.4. The van der Waals surface area contributed by atoms with Crippen molar-refractivity contribution in [2.75, 3.05) is 6.54 Å². The molecule has 2 atom stereocenters. The van der Waals surface area contributed by atoms with Crippen LogP contribution in [-0.2, 0) is 13.0 Å². The van der Waals surface area contributed by atoms with Gasteiger partial charge in [0.1, 0.15) is 0 Å². The van der Waals surface area contributed by atoms with Gasteiger partial charge in [0, 0.05) is 30.3 Å². The predicted molar refractivity (Wildman–Crippen MR) is 90.5 cm³/mol. The maximum Gasteiger partial charge on any atom is 0.264 e. The number of aliphatic hydroxyl groups excluding tert-OH is 1. The second kappa shape index (κ2) is 7.72. The summed E-state index contributed by atoms with van der Waals surface area (Å²) in [4.78, 5) is 12.2. The minimum atomic E-state index is -2.72. The molecule has 25 heavy (non-hydrogen) atoms. The lowest BCUT2D eigenvalue weighted by atomic mass is 9.93. The molecule has 0 spiro atoms. The van der Waals surface area contributed by atoms with Crippen LogP contribution in [0.1, 0.15) is 33.5 Å². The van der Waals surface area contributed by atoms with Crippen molar-refractivity contribution in [1.29, 1.82) is 0 Å². The highest BCUT2D eigenvalue weighted by atomic mass is 19.3. The van der Waals surface area contributed by atoms with Crippen LogP contribution in [0.3, 0.4) is 0 Å². The number of fused-ring (bicyclic) bond motifs is 1. The van der Waals surface area contributed by atoms with Gasteiger partial charge >= 0.3 is 0 Å². The van der Waals surface area contributed by atoms with Crippen LogP contribution in [0, 0.1) is 0 Å². The first-order valence-corrected chi connectivity index (χ1v) is 8.19. The summed E-state index contributed by atoms with van der Waals surface area (Å²) < 4.78 is 26.0. The van der Waals surface area contributed by atoms with Crippen molar-refractivity contribution in [2.24, 2.45) is 0 Å². The Hall–Kier alpha value is -2.31. The maximum absolute atomic E-state index is 13.0. The Morgan fingerprint density at radius 3 is 2.60 bits per heavy atom. The van der Waals surface area contributed by atoms with Crippen LogP contribution in [0.2, 0.25) is 0 Å². The molecule has 0 aliphatic carbocycles. The van der Waals surface area contributed by atoms with Crippen molar-refractivity contribution in [1.82, 2.24) is 10.6 Å². The molecule has 0 aromatic heterocycles. The van der Waals surface area contributed by atoms with Crippen molar-refractivity contribution < 1.29 is 18.7 Å². The molecular weight excluding hydrogens is 326 g/mol. The third-order valence-electron chi connectivity index (χ3n) is 4.49. The second-order valence-electron chi connectivity index (χ2n) is 6.13. The lowest BCUT2D eigenvalue weighted by Gasteiger charge is -2.30. The molecule has 3 rings (SSSR count). The van der Waals surface area contributed by atoms with E-state index in [0.717, 1.165) is 0 Å². The normalized spacial score (nSPS) is 17.8. The monoisotopic (exact) mass is 346 g/mol. The zero-order valence-electron chi connectivity index (χ0n) is 13.6. The molecule has 3 N–H and O–H groups in total. The van der Waals surface area contributed by atoms with Crippen molar-refractivity contribution >= 4 is 5.91 Å². The number of halogens is 2. The van der Waals surface area contributed by atoms with Crippen LogP contribution < -0.4 is 10.6 Å². The maximum atomic E-state index is 13.0. The number of alkyl halides is 2. The Labute approximate surface area is 144 Å². The van der Waals surface area contributed by atoms with Crippen molar-refractivity contribution in [3.63, 3.8) is 0 Å². The van der Waals surface area contributed by atoms with Gasteiger partial charge in [-0.15, -0.1) is 0 Å². The van der Waals surface area contributed by atoms with Crippen LogP contribution in [0.25, 0.3) is 0 Å². The molecule has 2 unspecified atom stereocenters. The molecule has 2 aromatic carbocycles. The van der Waals surface area contributed by atoms with E-state index < -0.39 is 18.4 Å². The van der Waals surface area contributed by atoms with Gasteiger partial charge in [0.2, 0.25) is 0 Å². The topological polar surface area (TPSA) is 61.4 Å². The molecule has 1 amide bonds. The van der Waals surface area contributed by atoms with Crippen LogP contribution in [-0.4, -0.2) is 29.7 Å². The van der Waals surface area contributed by atoms with E-state index >= 15 is 0 Å². The van der Waals surface area contributed by atoms with Crippen LogP contribution in [0.5, 0.6) is 0 Å². The summed E-state index contributed by atoms with van der Waals surface area (Å²) >= 11 is 0. The standard InChI is InChI=1S/C19H20F2N2O2/c20-18(21)14-7-3-4-8-15(14)19(25)23-11-17(24)16-9-12-5-1-2-6-13(12)10-22-16/h1-8,16-18,22,24H,9-11H2,(H,23,25). The highest BCUT2D eigenvalue weighted by Gasteiger charge is 2.25. The predicted octanol–water partition coefficient (Wildman–Crippen LogP) is 2.43. The smallest absolute Gasteiger partial charge is 0.264 e. The molecule has 0 saturated heterocycles. The molecule has 0 fully saturated rings. The van der Waals surface area contributed by atoms with E-state index in [4.69, 9.17) is 0 Å². The van der Waals surface area contributed by atoms with E-state index in [2.05, 4.69) is 10.6 Å². The molecule has 0 radical (unpaired) electrons. The van der Waals surface area contributed by atoms with Gasteiger partial charge in [0.05, 0.1) is 6.10 Å². The van der Waals surface area contributed by atoms with Gasteiger partial charge in [0.25, 0.3) is 12.3 Å². The van der Waals surface area contributed by atoms with Gasteiger partial charge < -0.3 is 15.7 Å². The van der Waals surface area contributed by atoms with Crippen LogP contribution in [0.15, 0.2) is 48.5 Å². The molecule has 1 aliphatic rings. The third-order valence-corrected chi connectivity index (χ3v) is 4.49. The fourth-order valence-electron chi connectivity index (χ4n) is 3.08. The highest BCUT2D eigenvalue weighted by Crippen LogP contribution is 2.22. The first kappa shape index (κ1) is 17.5. The van der Waals surface area contributed by atoms with Gasteiger partial charge in [0.15, 0.2) is 0 Å². The van der Waals surface area contributed by atoms with Crippen molar-refractivity contribution in [3.8, 4) is 0 Å². The minimum absolute atomic E-state index is 0.00373. The zero-order valence-corrected chi connectivity index (χ0v) is 13.6. The number of nitrogens with one attached hydrogen (secondary N) is 2. The first-order chi connectivity index (χ1) is 12.1. The Morgan fingerprint density at radius 2 is 1.84 bits per heavy atom. The largest absolute Gasteiger partial charge is 0.390 e. The third kappa shape index (κ3) is 4.03. The Kier molecular flexibility index (Phi) is 5.40. The molecule has 4 nitrogen and oxygen atoms in total. The van der Waals surface area contributed by atoms with Gasteiger partial charge in [-0.1, -0.05) is 42.5 Å². The van der Waals surface area contributed by atoms with E-state index in [-0.39, 0.29) is 23.7 Å². The Balaban J connectivity index is 1.60. The Morgan fingerprint density at radius 1 is 1.16 bits per heavy atom. The Bertz CT molecular complexity index is 752. The molecule has 0 saturated carbocycles. The first-order valence-electron chi connectivity index (χ1n) is 8.19. The number of carbonyl (C=O) groups excluding carboxylic acids is 1. The number of amides is 1. The fourth-order valence-corrected chi connectivity index (χ4v) is 3.08. The lowest BCUT2D eigenvalue weighted by Crippen LogP contribution is -2.49. The molecule has 2 aromatic rings. The minimum Gasteiger partial charge on any atom is -0.390 e. The van der Waals surface area contributed by atoms with E-state index in [9.17, 15) is 18.7 Å². The number of aliphatic hydroxyl groups is 1. The van der Waals surface area contributed by atoms with Crippen molar-refractivity contribution in [3.05, 3.63) is 70.8 Å². The summed E-state index contributed by atoms with van der Waals surface area (Å²) in [7, 11) is 0. The van der Waals surface area contributed by atoms with Gasteiger partial charge in [-0.3, -0.25) is 4.79 Å². The second-order valence-corrected chi connectivity index (χ2v) is 6.13. The quantitative estimate of drug-likeness (QED) is 0.779. The van der Waals surface area contributed by atoms with E-state index in [0.29, 0.717) is 13.0 Å². The summed E-state index contributed by atoms with van der Waals surface area (Å²) in [6.07, 6.45) is -2.87. The van der Waals surface area contributed by atoms with E-state index in [1.54, 1.807) is 0 Å². The van der Waals surface area contributed by atoms with Gasteiger partial charge in [-0.25, -0.2) is 8.78 Å². The number of benzene rings is 2. The summed E-state index contributed by atoms with van der Waals surface area (Å²) in [5, 5.41) is 16.1. The van der Waals surface area contributed by atoms with Gasteiger partial charge in [-0.05, 0) is 23.6 Å². The fraction of sp³-hybridized carbons (Fsp3) is 0.316. The van der Waals surface area contributed by atoms with Crippen molar-refractivity contribution in [2.45, 2.75) is 31.5 Å². The average Bonchev–Trinajstić information content (AvgIpc) is 2.65. The van der Waals surface area contributed by atoms with E-state index in [1.807, 2.05) is 24.3 Å². The molecular formula is C19H20F2N2O2. The van der Waals surface area contributed by atoms with E-state index in [1.165, 1.54) is 35.4 Å². The number of hydrogen-bond acceptors (Lipinski definition) is 3. The van der Waals surface area contributed by atoms with Gasteiger partial charge in [-0.2, -0.15) is 0 Å². The average molecular weight is 346 g/mol. The van der Waals surface area contributed by atoms with Crippen LogP contribution >= 0.6 is 0 Å². The molecule has 1 aliphatic heterocycles. The zero-order chi connectivity index (χ0) is 17.8. The number of hydrogen-bond donors (Lipinski definition) is 3. The number of rotatable bonds is 5. The number of carbonyl (C=O) groups is 1. The lowest BCUT2D eigenvalue weighted by molar-refractivity contribution is 0.0859.